The monoisotopic (exact) mass is 253 g/mol. The van der Waals surface area contributed by atoms with Gasteiger partial charge in [-0.25, -0.2) is 4.98 Å². The Morgan fingerprint density at radius 2 is 2.29 bits per heavy atom. The topological polar surface area (TPSA) is 19.4 Å². The number of halogens is 1. The van der Waals surface area contributed by atoms with Crippen LogP contribution in [0.2, 0.25) is 0 Å². The first-order valence-electron chi connectivity index (χ1n) is 6.13. The van der Waals surface area contributed by atoms with Crippen molar-refractivity contribution in [3.63, 3.8) is 0 Å². The van der Waals surface area contributed by atoms with E-state index in [0.717, 1.165) is 24.5 Å². The molecule has 1 unspecified atom stereocenters. The summed E-state index contributed by atoms with van der Waals surface area (Å²) in [7, 11) is 4.25. The molecular formula is C13H20ClN3. The van der Waals surface area contributed by atoms with Crippen LogP contribution in [0.15, 0.2) is 18.3 Å². The molecule has 1 fully saturated rings. The second-order valence-electron chi connectivity index (χ2n) is 4.91. The molecule has 1 aromatic rings. The van der Waals surface area contributed by atoms with Gasteiger partial charge < -0.3 is 9.80 Å². The zero-order chi connectivity index (χ0) is 12.3. The van der Waals surface area contributed by atoms with Crippen LogP contribution in [-0.4, -0.2) is 43.1 Å². The van der Waals surface area contributed by atoms with Crippen LogP contribution >= 0.6 is 11.6 Å². The van der Waals surface area contributed by atoms with E-state index in [9.17, 15) is 0 Å². The maximum atomic E-state index is 5.78. The fourth-order valence-electron chi connectivity index (χ4n) is 2.41. The lowest BCUT2D eigenvalue weighted by Gasteiger charge is -2.28. The molecule has 17 heavy (non-hydrogen) atoms. The molecule has 0 aliphatic carbocycles. The highest BCUT2D eigenvalue weighted by Crippen LogP contribution is 2.24. The van der Waals surface area contributed by atoms with E-state index in [1.54, 1.807) is 0 Å². The lowest BCUT2D eigenvalue weighted by atomic mass is 10.2. The van der Waals surface area contributed by atoms with Gasteiger partial charge in [0.2, 0.25) is 0 Å². The maximum absolute atomic E-state index is 5.78. The van der Waals surface area contributed by atoms with Crippen molar-refractivity contribution in [3.8, 4) is 0 Å². The second kappa shape index (κ2) is 5.69. The van der Waals surface area contributed by atoms with Gasteiger partial charge >= 0.3 is 0 Å². The maximum Gasteiger partial charge on any atom is 0.128 e. The smallest absolute Gasteiger partial charge is 0.128 e. The zero-order valence-electron chi connectivity index (χ0n) is 10.6. The molecule has 3 nitrogen and oxygen atoms in total. The van der Waals surface area contributed by atoms with Gasteiger partial charge in [-0.2, -0.15) is 0 Å². The van der Waals surface area contributed by atoms with Gasteiger partial charge in [-0.15, -0.1) is 11.6 Å². The highest BCUT2D eigenvalue weighted by atomic mass is 35.5. The zero-order valence-corrected chi connectivity index (χ0v) is 11.3. The fourth-order valence-corrected chi connectivity index (χ4v) is 2.57. The van der Waals surface area contributed by atoms with Crippen LogP contribution in [0, 0.1) is 0 Å². The lowest BCUT2D eigenvalue weighted by Crippen LogP contribution is -2.37. The number of hydrogen-bond donors (Lipinski definition) is 0. The number of nitrogens with zero attached hydrogens (tertiary/aromatic N) is 3. The van der Waals surface area contributed by atoms with Crippen molar-refractivity contribution in [2.45, 2.75) is 24.8 Å². The number of aromatic nitrogens is 1. The minimum Gasteiger partial charge on any atom is -0.352 e. The highest BCUT2D eigenvalue weighted by molar-refractivity contribution is 6.17. The Balaban J connectivity index is 2.08. The largest absolute Gasteiger partial charge is 0.352 e. The van der Waals surface area contributed by atoms with Gasteiger partial charge in [0.05, 0.1) is 0 Å². The normalized spacial score (nSPS) is 20.2. The van der Waals surface area contributed by atoms with Gasteiger partial charge in [-0.05, 0) is 38.6 Å². The van der Waals surface area contributed by atoms with Gasteiger partial charge in [-0.3, -0.25) is 0 Å². The molecule has 2 rings (SSSR count). The Morgan fingerprint density at radius 3 is 2.88 bits per heavy atom. The van der Waals surface area contributed by atoms with Crippen molar-refractivity contribution in [2.24, 2.45) is 0 Å². The summed E-state index contributed by atoms with van der Waals surface area (Å²) in [5.74, 6) is 1.62. The first kappa shape index (κ1) is 12.7. The predicted octanol–water partition coefficient (Wildman–Crippen LogP) is 2.35. The first-order valence-corrected chi connectivity index (χ1v) is 6.66. The van der Waals surface area contributed by atoms with Crippen molar-refractivity contribution >= 4 is 17.4 Å². The number of pyridine rings is 1. The van der Waals surface area contributed by atoms with E-state index >= 15 is 0 Å². The molecular weight excluding hydrogens is 234 g/mol. The third-order valence-corrected chi connectivity index (χ3v) is 3.52. The highest BCUT2D eigenvalue weighted by Gasteiger charge is 2.25. The predicted molar refractivity (Wildman–Crippen MR) is 72.7 cm³/mol. The van der Waals surface area contributed by atoms with Crippen LogP contribution < -0.4 is 4.90 Å². The number of alkyl halides is 1. The quantitative estimate of drug-likeness (QED) is 0.768. The molecule has 0 amide bonds. The van der Waals surface area contributed by atoms with E-state index in [-0.39, 0.29) is 0 Å². The van der Waals surface area contributed by atoms with Gasteiger partial charge in [0.15, 0.2) is 0 Å². The molecule has 1 aliphatic heterocycles. The lowest BCUT2D eigenvalue weighted by molar-refractivity contribution is 0.371. The van der Waals surface area contributed by atoms with Crippen LogP contribution in [0.25, 0.3) is 0 Å². The van der Waals surface area contributed by atoms with E-state index in [4.69, 9.17) is 11.6 Å². The van der Waals surface area contributed by atoms with Crippen molar-refractivity contribution in [1.29, 1.82) is 0 Å². The van der Waals surface area contributed by atoms with E-state index in [1.807, 2.05) is 6.20 Å². The van der Waals surface area contributed by atoms with E-state index in [1.165, 1.54) is 12.8 Å². The van der Waals surface area contributed by atoms with E-state index in [0.29, 0.717) is 11.9 Å². The molecule has 0 spiro atoms. The van der Waals surface area contributed by atoms with Gasteiger partial charge in [-0.1, -0.05) is 6.07 Å². The molecule has 0 N–H and O–H groups in total. The third-order valence-electron chi connectivity index (χ3n) is 3.21. The summed E-state index contributed by atoms with van der Waals surface area (Å²) in [6.07, 6.45) is 4.40. The van der Waals surface area contributed by atoms with E-state index < -0.39 is 0 Å². The summed E-state index contributed by atoms with van der Waals surface area (Å²) in [4.78, 5) is 9.17. The summed E-state index contributed by atoms with van der Waals surface area (Å²) in [5, 5.41) is 0. The van der Waals surface area contributed by atoms with Crippen LogP contribution in [0.4, 0.5) is 5.82 Å². The molecule has 1 saturated heterocycles. The molecule has 1 aromatic heterocycles. The Hall–Kier alpha value is -0.800. The van der Waals surface area contributed by atoms with E-state index in [2.05, 4.69) is 41.0 Å². The Morgan fingerprint density at radius 1 is 1.47 bits per heavy atom. The number of likely N-dealkylation sites (N-methyl/N-ethyl adjacent to an activating group) is 1. The van der Waals surface area contributed by atoms with Crippen LogP contribution in [0.1, 0.15) is 18.4 Å². The number of rotatable bonds is 4. The molecule has 0 saturated carbocycles. The number of hydrogen-bond acceptors (Lipinski definition) is 3. The summed E-state index contributed by atoms with van der Waals surface area (Å²) < 4.78 is 0. The SMILES string of the molecule is CN(C)CC1CCCN1c1ccc(CCl)cn1. The minimum atomic E-state index is 0.536. The second-order valence-corrected chi connectivity index (χ2v) is 5.18. The molecule has 1 atom stereocenters. The van der Waals surface area contributed by atoms with Crippen molar-refractivity contribution in [3.05, 3.63) is 23.9 Å². The van der Waals surface area contributed by atoms with Crippen LogP contribution in [0.5, 0.6) is 0 Å². The molecule has 0 radical (unpaired) electrons. The van der Waals surface area contributed by atoms with Crippen molar-refractivity contribution in [1.82, 2.24) is 9.88 Å². The molecule has 1 aliphatic rings. The van der Waals surface area contributed by atoms with Crippen LogP contribution in [-0.2, 0) is 5.88 Å². The van der Waals surface area contributed by atoms with Crippen molar-refractivity contribution < 1.29 is 0 Å². The fraction of sp³-hybridized carbons (Fsp3) is 0.615. The summed E-state index contributed by atoms with van der Waals surface area (Å²) in [6.45, 7) is 2.21. The number of anilines is 1. The summed E-state index contributed by atoms with van der Waals surface area (Å²) in [6, 6.07) is 4.76. The van der Waals surface area contributed by atoms with Crippen molar-refractivity contribution in [2.75, 3.05) is 32.1 Å². The average Bonchev–Trinajstić information content (AvgIpc) is 2.76. The Labute approximate surface area is 108 Å². The molecule has 0 aromatic carbocycles. The van der Waals surface area contributed by atoms with Crippen LogP contribution in [0.3, 0.4) is 0 Å². The molecule has 4 heteroatoms. The molecule has 94 valence electrons. The molecule has 2 heterocycles. The molecule has 0 bridgehead atoms. The van der Waals surface area contributed by atoms with Gasteiger partial charge in [0.1, 0.15) is 5.82 Å². The standard InChI is InChI=1S/C13H20ClN3/c1-16(2)10-12-4-3-7-17(12)13-6-5-11(8-14)9-15-13/h5-6,9,12H,3-4,7-8,10H2,1-2H3. The minimum absolute atomic E-state index is 0.536. The summed E-state index contributed by atoms with van der Waals surface area (Å²) in [5.41, 5.74) is 1.08. The van der Waals surface area contributed by atoms with Gasteiger partial charge in [0, 0.05) is 31.2 Å². The Kier molecular flexibility index (Phi) is 4.24. The third kappa shape index (κ3) is 3.11. The first-order chi connectivity index (χ1) is 8.20. The Bertz CT molecular complexity index is 350. The van der Waals surface area contributed by atoms with Gasteiger partial charge in [0.25, 0.3) is 0 Å². The average molecular weight is 254 g/mol. The summed E-state index contributed by atoms with van der Waals surface area (Å²) >= 11 is 5.78.